The molecule has 0 radical (unpaired) electrons. The number of rotatable bonds is 7. The number of methoxy groups -OCH3 is 1. The van der Waals surface area contributed by atoms with E-state index in [0.29, 0.717) is 29.5 Å². The fourth-order valence-electron chi connectivity index (χ4n) is 3.03. The third-order valence-electron chi connectivity index (χ3n) is 4.38. The van der Waals surface area contributed by atoms with Crippen LogP contribution in [0.25, 0.3) is 0 Å². The Labute approximate surface area is 156 Å². The van der Waals surface area contributed by atoms with Crippen molar-refractivity contribution >= 4 is 29.1 Å². The van der Waals surface area contributed by atoms with Gasteiger partial charge in [-0.15, -0.1) is 0 Å². The summed E-state index contributed by atoms with van der Waals surface area (Å²) < 4.78 is 7.27. The standard InChI is InChI=1S/C18H21ClN4O3/c1-26-16-4-3-14(19)10-15(16)23-11-13(9-17(23)24)18(25)21-5-2-7-22-8-6-20-12-22/h3-4,6,8,10,12-13H,2,5,7,9,11H2,1H3,(H,21,25). The molecule has 1 saturated heterocycles. The lowest BCUT2D eigenvalue weighted by Gasteiger charge is -2.19. The molecular weight excluding hydrogens is 356 g/mol. The van der Waals surface area contributed by atoms with Crippen molar-refractivity contribution in [1.82, 2.24) is 14.9 Å². The molecule has 0 bridgehead atoms. The summed E-state index contributed by atoms with van der Waals surface area (Å²) >= 11 is 6.05. The monoisotopic (exact) mass is 376 g/mol. The number of amides is 2. The van der Waals surface area contributed by atoms with Gasteiger partial charge in [0.2, 0.25) is 11.8 Å². The highest BCUT2D eigenvalue weighted by Gasteiger charge is 2.36. The van der Waals surface area contributed by atoms with Crippen LogP contribution in [-0.4, -0.2) is 41.6 Å². The molecule has 2 amide bonds. The maximum atomic E-state index is 12.4. The van der Waals surface area contributed by atoms with Crippen molar-refractivity contribution < 1.29 is 14.3 Å². The van der Waals surface area contributed by atoms with Gasteiger partial charge < -0.3 is 19.5 Å². The van der Waals surface area contributed by atoms with Gasteiger partial charge in [-0.2, -0.15) is 0 Å². The van der Waals surface area contributed by atoms with E-state index in [1.54, 1.807) is 35.6 Å². The molecule has 26 heavy (non-hydrogen) atoms. The van der Waals surface area contributed by atoms with Crippen LogP contribution in [-0.2, 0) is 16.1 Å². The largest absolute Gasteiger partial charge is 0.495 e. The maximum absolute atomic E-state index is 12.4. The first kappa shape index (κ1) is 18.3. The first-order valence-corrected chi connectivity index (χ1v) is 8.83. The smallest absolute Gasteiger partial charge is 0.227 e. The normalized spacial score (nSPS) is 16.8. The van der Waals surface area contributed by atoms with Gasteiger partial charge in [0.05, 0.1) is 25.0 Å². The molecule has 7 nitrogen and oxygen atoms in total. The zero-order valence-electron chi connectivity index (χ0n) is 14.5. The summed E-state index contributed by atoms with van der Waals surface area (Å²) in [4.78, 5) is 30.3. The van der Waals surface area contributed by atoms with Crippen LogP contribution in [0.1, 0.15) is 12.8 Å². The highest BCUT2D eigenvalue weighted by atomic mass is 35.5. The van der Waals surface area contributed by atoms with E-state index >= 15 is 0 Å². The summed E-state index contributed by atoms with van der Waals surface area (Å²) in [6, 6.07) is 5.10. The molecule has 1 unspecified atom stereocenters. The number of carbonyl (C=O) groups is 2. The topological polar surface area (TPSA) is 76.5 Å². The van der Waals surface area contributed by atoms with Crippen molar-refractivity contribution in [2.45, 2.75) is 19.4 Å². The van der Waals surface area contributed by atoms with Crippen LogP contribution >= 0.6 is 11.6 Å². The minimum absolute atomic E-state index is 0.104. The van der Waals surface area contributed by atoms with E-state index < -0.39 is 0 Å². The Hall–Kier alpha value is -2.54. The number of nitrogens with zero attached hydrogens (tertiary/aromatic N) is 3. The number of carbonyl (C=O) groups excluding carboxylic acids is 2. The van der Waals surface area contributed by atoms with Crippen molar-refractivity contribution in [3.05, 3.63) is 41.9 Å². The van der Waals surface area contributed by atoms with E-state index in [4.69, 9.17) is 16.3 Å². The summed E-state index contributed by atoms with van der Waals surface area (Å²) in [6.45, 7) is 1.67. The Morgan fingerprint density at radius 1 is 1.46 bits per heavy atom. The molecule has 8 heteroatoms. The molecule has 1 aliphatic heterocycles. The summed E-state index contributed by atoms with van der Waals surface area (Å²) in [7, 11) is 1.54. The van der Waals surface area contributed by atoms with Crippen molar-refractivity contribution in [3.63, 3.8) is 0 Å². The summed E-state index contributed by atoms with van der Waals surface area (Å²) in [5, 5.41) is 3.43. The predicted molar refractivity (Wildman–Crippen MR) is 98.3 cm³/mol. The van der Waals surface area contributed by atoms with Gasteiger partial charge >= 0.3 is 0 Å². The fourth-order valence-corrected chi connectivity index (χ4v) is 3.19. The summed E-state index contributed by atoms with van der Waals surface area (Å²) in [5.41, 5.74) is 0.598. The van der Waals surface area contributed by atoms with Gasteiger partial charge in [-0.25, -0.2) is 4.98 Å². The van der Waals surface area contributed by atoms with Crippen molar-refractivity contribution in [2.24, 2.45) is 5.92 Å². The van der Waals surface area contributed by atoms with E-state index in [1.165, 1.54) is 7.11 Å². The molecule has 2 aromatic rings. The zero-order valence-corrected chi connectivity index (χ0v) is 15.3. The average molecular weight is 377 g/mol. The number of nitrogens with one attached hydrogen (secondary N) is 1. The van der Waals surface area contributed by atoms with Crippen LogP contribution < -0.4 is 15.0 Å². The molecule has 1 aromatic carbocycles. The van der Waals surface area contributed by atoms with Gasteiger partial charge in [0.25, 0.3) is 0 Å². The number of anilines is 1. The second-order valence-corrected chi connectivity index (χ2v) is 6.60. The fraction of sp³-hybridized carbons (Fsp3) is 0.389. The molecule has 0 saturated carbocycles. The first-order valence-electron chi connectivity index (χ1n) is 8.46. The van der Waals surface area contributed by atoms with Crippen molar-refractivity contribution in [2.75, 3.05) is 25.1 Å². The molecular formula is C18H21ClN4O3. The highest BCUT2D eigenvalue weighted by Crippen LogP contribution is 2.35. The third-order valence-corrected chi connectivity index (χ3v) is 4.61. The van der Waals surface area contributed by atoms with Crippen LogP contribution in [0.4, 0.5) is 5.69 Å². The first-order chi connectivity index (χ1) is 12.6. The van der Waals surface area contributed by atoms with E-state index in [9.17, 15) is 9.59 Å². The van der Waals surface area contributed by atoms with E-state index in [-0.39, 0.29) is 24.2 Å². The van der Waals surface area contributed by atoms with Crippen LogP contribution in [0, 0.1) is 5.92 Å². The summed E-state index contributed by atoms with van der Waals surface area (Å²) in [5.74, 6) is -0.0276. The van der Waals surface area contributed by atoms with Crippen molar-refractivity contribution in [3.8, 4) is 5.75 Å². The SMILES string of the molecule is COc1ccc(Cl)cc1N1CC(C(=O)NCCCn2ccnc2)CC1=O. The molecule has 1 fully saturated rings. The highest BCUT2D eigenvalue weighted by molar-refractivity contribution is 6.31. The molecule has 1 N–H and O–H groups in total. The molecule has 138 valence electrons. The minimum Gasteiger partial charge on any atom is -0.495 e. The number of hydrogen-bond acceptors (Lipinski definition) is 4. The number of halogens is 1. The summed E-state index contributed by atoms with van der Waals surface area (Å²) in [6.07, 6.45) is 6.33. The molecule has 1 aromatic heterocycles. The van der Waals surface area contributed by atoms with Gasteiger partial charge in [0, 0.05) is 43.5 Å². The van der Waals surface area contributed by atoms with E-state index in [2.05, 4.69) is 10.3 Å². The zero-order chi connectivity index (χ0) is 18.5. The van der Waals surface area contributed by atoms with E-state index in [1.807, 2.05) is 10.8 Å². The lowest BCUT2D eigenvalue weighted by atomic mass is 10.1. The molecule has 3 rings (SSSR count). The van der Waals surface area contributed by atoms with Gasteiger partial charge in [-0.1, -0.05) is 11.6 Å². The van der Waals surface area contributed by atoms with Gasteiger partial charge in [0.1, 0.15) is 5.75 Å². The Morgan fingerprint density at radius 3 is 3.04 bits per heavy atom. The number of aryl methyl sites for hydroxylation is 1. The number of aromatic nitrogens is 2. The molecule has 0 aliphatic carbocycles. The molecule has 1 atom stereocenters. The minimum atomic E-state index is -0.376. The van der Waals surface area contributed by atoms with Gasteiger partial charge in [-0.3, -0.25) is 9.59 Å². The second-order valence-electron chi connectivity index (χ2n) is 6.17. The Bertz CT molecular complexity index is 779. The Kier molecular flexibility index (Phi) is 5.78. The van der Waals surface area contributed by atoms with Crippen LogP contribution in [0.15, 0.2) is 36.9 Å². The van der Waals surface area contributed by atoms with Gasteiger partial charge in [0.15, 0.2) is 0 Å². The number of ether oxygens (including phenoxy) is 1. The van der Waals surface area contributed by atoms with Crippen LogP contribution in [0.5, 0.6) is 5.75 Å². The maximum Gasteiger partial charge on any atom is 0.227 e. The quantitative estimate of drug-likeness (QED) is 0.751. The second kappa shape index (κ2) is 8.23. The number of benzene rings is 1. The molecule has 1 aliphatic rings. The third kappa shape index (κ3) is 4.16. The number of hydrogen-bond donors (Lipinski definition) is 1. The molecule has 0 spiro atoms. The predicted octanol–water partition coefficient (Wildman–Crippen LogP) is 2.10. The van der Waals surface area contributed by atoms with E-state index in [0.717, 1.165) is 13.0 Å². The van der Waals surface area contributed by atoms with Crippen molar-refractivity contribution in [1.29, 1.82) is 0 Å². The van der Waals surface area contributed by atoms with Gasteiger partial charge in [-0.05, 0) is 24.6 Å². The average Bonchev–Trinajstić information content (AvgIpc) is 3.28. The Balaban J connectivity index is 1.55. The lowest BCUT2D eigenvalue weighted by Crippen LogP contribution is -2.33. The van der Waals surface area contributed by atoms with Crippen LogP contribution in [0.2, 0.25) is 5.02 Å². The molecule has 2 heterocycles. The number of imidazole rings is 1. The lowest BCUT2D eigenvalue weighted by molar-refractivity contribution is -0.126. The van der Waals surface area contributed by atoms with Crippen LogP contribution in [0.3, 0.4) is 0 Å². The Morgan fingerprint density at radius 2 is 2.31 bits per heavy atom.